The standard InChI is InChI=1S/C28H25ClF5N3O4S/c1-3-23-25(27(30,31)20-10-7-18(29)14-21(20)28(32,33)34)36-24-13-17(11-12-37(23)24)26(39)35-22(15-38)16-5-8-19(9-6-16)42(40,41)4-2/h5-14,22,38H,3-4,15H2,1-2H3,(H,35,39)/t22-/m0/s1. The third kappa shape index (κ3) is 5.99. The number of rotatable bonds is 9. The van der Waals surface area contributed by atoms with E-state index in [4.69, 9.17) is 11.6 Å². The van der Waals surface area contributed by atoms with Crippen molar-refractivity contribution in [2.75, 3.05) is 12.4 Å². The van der Waals surface area contributed by atoms with Crippen molar-refractivity contribution in [1.29, 1.82) is 0 Å². The zero-order valence-corrected chi connectivity index (χ0v) is 23.8. The molecule has 1 amide bonds. The van der Waals surface area contributed by atoms with Gasteiger partial charge >= 0.3 is 12.1 Å². The first-order chi connectivity index (χ1) is 19.6. The van der Waals surface area contributed by atoms with Crippen molar-refractivity contribution in [2.45, 2.75) is 43.3 Å². The molecule has 0 spiro atoms. The number of alkyl halides is 5. The monoisotopic (exact) mass is 629 g/mol. The number of halogens is 6. The summed E-state index contributed by atoms with van der Waals surface area (Å²) < 4.78 is 97.7. The van der Waals surface area contributed by atoms with Crippen molar-refractivity contribution in [3.8, 4) is 0 Å². The second-order valence-corrected chi connectivity index (χ2v) is 12.1. The molecule has 42 heavy (non-hydrogen) atoms. The molecule has 0 unspecified atom stereocenters. The molecule has 0 saturated heterocycles. The van der Waals surface area contributed by atoms with E-state index in [1.165, 1.54) is 53.9 Å². The Hall–Kier alpha value is -3.55. The number of imidazole rings is 1. The van der Waals surface area contributed by atoms with Gasteiger partial charge in [0.2, 0.25) is 0 Å². The molecule has 1 atom stereocenters. The molecule has 0 aliphatic rings. The van der Waals surface area contributed by atoms with Gasteiger partial charge in [0.05, 0.1) is 34.6 Å². The number of nitrogens with one attached hydrogen (secondary N) is 1. The number of carbonyl (C=O) groups is 1. The predicted molar refractivity (Wildman–Crippen MR) is 145 cm³/mol. The van der Waals surface area contributed by atoms with Gasteiger partial charge in [0.1, 0.15) is 11.3 Å². The Labute approximate surface area is 242 Å². The summed E-state index contributed by atoms with van der Waals surface area (Å²) in [5, 5.41) is 12.1. The Bertz CT molecular complexity index is 1740. The zero-order valence-electron chi connectivity index (χ0n) is 22.2. The first-order valence-corrected chi connectivity index (χ1v) is 14.7. The van der Waals surface area contributed by atoms with E-state index >= 15 is 8.78 Å². The molecule has 2 N–H and O–H groups in total. The van der Waals surface area contributed by atoms with Gasteiger partial charge in [0, 0.05) is 22.3 Å². The van der Waals surface area contributed by atoms with Gasteiger partial charge < -0.3 is 14.8 Å². The molecule has 2 aromatic carbocycles. The quantitative estimate of drug-likeness (QED) is 0.222. The van der Waals surface area contributed by atoms with Gasteiger partial charge in [-0.1, -0.05) is 43.6 Å². The van der Waals surface area contributed by atoms with Crippen molar-refractivity contribution < 1.29 is 40.3 Å². The number of amides is 1. The summed E-state index contributed by atoms with van der Waals surface area (Å²) in [6.45, 7) is 2.51. The average Bonchev–Trinajstić information content (AvgIpc) is 3.34. The fourth-order valence-electron chi connectivity index (χ4n) is 4.53. The van der Waals surface area contributed by atoms with Gasteiger partial charge in [-0.05, 0) is 48.4 Å². The Morgan fingerprint density at radius 3 is 2.26 bits per heavy atom. The summed E-state index contributed by atoms with van der Waals surface area (Å²) >= 11 is 5.66. The Morgan fingerprint density at radius 1 is 1.02 bits per heavy atom. The van der Waals surface area contributed by atoms with Crippen LogP contribution in [0.2, 0.25) is 5.02 Å². The number of sulfone groups is 1. The van der Waals surface area contributed by atoms with Crippen LogP contribution in [-0.2, 0) is 28.4 Å². The highest BCUT2D eigenvalue weighted by Gasteiger charge is 2.46. The lowest BCUT2D eigenvalue weighted by Crippen LogP contribution is -2.30. The first kappa shape index (κ1) is 31.4. The minimum Gasteiger partial charge on any atom is -0.394 e. The van der Waals surface area contributed by atoms with Crippen LogP contribution in [0.3, 0.4) is 0 Å². The van der Waals surface area contributed by atoms with Crippen LogP contribution in [-0.4, -0.2) is 41.2 Å². The van der Waals surface area contributed by atoms with Crippen molar-refractivity contribution in [2.24, 2.45) is 0 Å². The van der Waals surface area contributed by atoms with E-state index in [0.717, 1.165) is 6.07 Å². The number of aryl methyl sites for hydroxylation is 1. The van der Waals surface area contributed by atoms with Crippen LogP contribution < -0.4 is 5.32 Å². The third-order valence-electron chi connectivity index (χ3n) is 6.75. The second-order valence-electron chi connectivity index (χ2n) is 9.35. The minimum atomic E-state index is -5.10. The molecule has 0 bridgehead atoms. The summed E-state index contributed by atoms with van der Waals surface area (Å²) in [4.78, 5) is 17.1. The normalized spacial score (nSPS) is 13.4. The van der Waals surface area contributed by atoms with Crippen LogP contribution in [0.5, 0.6) is 0 Å². The smallest absolute Gasteiger partial charge is 0.394 e. The molecule has 4 rings (SSSR count). The molecule has 0 radical (unpaired) electrons. The largest absolute Gasteiger partial charge is 0.416 e. The highest BCUT2D eigenvalue weighted by molar-refractivity contribution is 7.91. The zero-order chi connectivity index (χ0) is 31.0. The topological polar surface area (TPSA) is 101 Å². The summed E-state index contributed by atoms with van der Waals surface area (Å²) in [7, 11) is -3.45. The number of nitrogens with zero attached hydrogens (tertiary/aromatic N) is 2. The molecule has 2 aromatic heterocycles. The first-order valence-electron chi connectivity index (χ1n) is 12.6. The number of aliphatic hydroxyl groups is 1. The summed E-state index contributed by atoms with van der Waals surface area (Å²) in [5.41, 5.74) is -3.55. The summed E-state index contributed by atoms with van der Waals surface area (Å²) in [5.74, 6) is -4.96. The third-order valence-corrected chi connectivity index (χ3v) is 8.74. The van der Waals surface area contributed by atoms with E-state index in [1.807, 2.05) is 0 Å². The van der Waals surface area contributed by atoms with Gasteiger partial charge in [0.25, 0.3) is 5.91 Å². The van der Waals surface area contributed by atoms with E-state index in [0.29, 0.717) is 17.7 Å². The highest BCUT2D eigenvalue weighted by Crippen LogP contribution is 2.44. The number of hydrogen-bond acceptors (Lipinski definition) is 5. The lowest BCUT2D eigenvalue weighted by atomic mass is 9.97. The Morgan fingerprint density at radius 2 is 1.69 bits per heavy atom. The fraction of sp³-hybridized carbons (Fsp3) is 0.286. The molecule has 224 valence electrons. The maximum atomic E-state index is 15.7. The molecule has 7 nitrogen and oxygen atoms in total. The SMILES string of the molecule is CCc1c(C(F)(F)c2ccc(Cl)cc2C(F)(F)F)nc2cc(C(=O)N[C@@H](CO)c3ccc(S(=O)(=O)CC)cc3)ccn12. The van der Waals surface area contributed by atoms with E-state index in [9.17, 15) is 31.5 Å². The van der Waals surface area contributed by atoms with Crippen molar-refractivity contribution in [1.82, 2.24) is 14.7 Å². The van der Waals surface area contributed by atoms with Gasteiger partial charge in [0.15, 0.2) is 9.84 Å². The molecule has 0 fully saturated rings. The van der Waals surface area contributed by atoms with Crippen LogP contribution in [0.15, 0.2) is 65.7 Å². The van der Waals surface area contributed by atoms with Crippen LogP contribution in [0.4, 0.5) is 22.0 Å². The lowest BCUT2D eigenvalue weighted by molar-refractivity contribution is -0.141. The average molecular weight is 630 g/mol. The Balaban J connectivity index is 1.68. The van der Waals surface area contributed by atoms with E-state index in [1.54, 1.807) is 6.92 Å². The molecule has 0 aliphatic heterocycles. The van der Waals surface area contributed by atoms with Crippen molar-refractivity contribution in [3.05, 3.63) is 99.5 Å². The summed E-state index contributed by atoms with van der Waals surface area (Å²) in [6, 6.07) is 9.21. The van der Waals surface area contributed by atoms with E-state index < -0.39 is 57.3 Å². The van der Waals surface area contributed by atoms with Gasteiger partial charge in [-0.15, -0.1) is 0 Å². The van der Waals surface area contributed by atoms with Crippen LogP contribution in [0.25, 0.3) is 5.65 Å². The van der Waals surface area contributed by atoms with Crippen LogP contribution >= 0.6 is 11.6 Å². The summed E-state index contributed by atoms with van der Waals surface area (Å²) in [6.07, 6.45) is -3.81. The fourth-order valence-corrected chi connectivity index (χ4v) is 5.58. The predicted octanol–water partition coefficient (Wildman–Crippen LogP) is 5.97. The molecular weight excluding hydrogens is 605 g/mol. The molecule has 2 heterocycles. The Kier molecular flexibility index (Phi) is 8.68. The molecule has 14 heteroatoms. The van der Waals surface area contributed by atoms with Crippen molar-refractivity contribution in [3.63, 3.8) is 0 Å². The number of carbonyl (C=O) groups excluding carboxylic acids is 1. The number of fused-ring (bicyclic) bond motifs is 1. The maximum absolute atomic E-state index is 15.7. The lowest BCUT2D eigenvalue weighted by Gasteiger charge is -2.21. The maximum Gasteiger partial charge on any atom is 0.416 e. The molecular formula is C28H25ClF5N3O4S. The number of benzene rings is 2. The van der Waals surface area contributed by atoms with Gasteiger partial charge in [-0.2, -0.15) is 22.0 Å². The molecule has 0 saturated carbocycles. The van der Waals surface area contributed by atoms with Crippen molar-refractivity contribution >= 4 is 33.0 Å². The van der Waals surface area contributed by atoms with E-state index in [2.05, 4.69) is 10.3 Å². The van der Waals surface area contributed by atoms with Gasteiger partial charge in [-0.25, -0.2) is 13.4 Å². The second kappa shape index (κ2) is 11.6. The molecule has 0 aliphatic carbocycles. The number of pyridine rings is 1. The highest BCUT2D eigenvalue weighted by atomic mass is 35.5. The minimum absolute atomic E-state index is 0.0110. The number of aromatic nitrogens is 2. The molecule has 4 aromatic rings. The number of aliphatic hydroxyl groups excluding tert-OH is 1. The van der Waals surface area contributed by atoms with Crippen LogP contribution in [0.1, 0.15) is 58.3 Å². The van der Waals surface area contributed by atoms with Gasteiger partial charge in [-0.3, -0.25) is 4.79 Å². The van der Waals surface area contributed by atoms with E-state index in [-0.39, 0.29) is 39.0 Å². The number of hydrogen-bond donors (Lipinski definition) is 2. The van der Waals surface area contributed by atoms with Crippen LogP contribution in [0, 0.1) is 0 Å².